The number of carboxylic acids is 2. The van der Waals surface area contributed by atoms with E-state index in [-0.39, 0.29) is 35.4 Å². The van der Waals surface area contributed by atoms with Crippen molar-refractivity contribution < 1.29 is 39.5 Å². The van der Waals surface area contributed by atoms with Gasteiger partial charge in [-0.1, -0.05) is 59.6 Å². The molecule has 6 aliphatic heterocycles. The minimum Gasteiger partial charge on any atom is -0.508 e. The van der Waals surface area contributed by atoms with E-state index in [0.29, 0.717) is 35.7 Å². The molecule has 18 nitrogen and oxygen atoms in total. The van der Waals surface area contributed by atoms with Gasteiger partial charge in [-0.15, -0.1) is 0 Å². The van der Waals surface area contributed by atoms with Crippen LogP contribution in [-0.2, 0) is 73.8 Å². The van der Waals surface area contributed by atoms with Gasteiger partial charge in [0.05, 0.1) is 33.5 Å². The van der Waals surface area contributed by atoms with Crippen LogP contribution in [0.2, 0.25) is 10.0 Å². The van der Waals surface area contributed by atoms with Gasteiger partial charge in [0.15, 0.2) is 11.5 Å². The van der Waals surface area contributed by atoms with Crippen LogP contribution < -0.4 is 64.7 Å². The van der Waals surface area contributed by atoms with Crippen molar-refractivity contribution in [3.8, 4) is 23.0 Å². The van der Waals surface area contributed by atoms with Gasteiger partial charge in [-0.2, -0.15) is 0 Å². The summed E-state index contributed by atoms with van der Waals surface area (Å²) < 4.78 is 21.4. The maximum atomic E-state index is 11.5. The first-order chi connectivity index (χ1) is 53.9. The van der Waals surface area contributed by atoms with E-state index in [1.54, 1.807) is 24.3 Å². The maximum absolute atomic E-state index is 11.5. The Balaban J connectivity index is 0.000000132. The Morgan fingerprint density at radius 3 is 1.03 bits per heavy atom. The lowest BCUT2D eigenvalue weighted by molar-refractivity contribution is -0.194. The second-order valence-electron chi connectivity index (χ2n) is 28.0. The van der Waals surface area contributed by atoms with Gasteiger partial charge in [0.1, 0.15) is 11.5 Å². The van der Waals surface area contributed by atoms with E-state index in [4.69, 9.17) is 61.3 Å². The molecule has 30 heteroatoms. The number of phenols is 2. The molecule has 19 N–H and O–H groups in total. The molecule has 5 atom stereocenters. The largest absolute Gasteiger partial charge is 0.508 e. The first kappa shape index (κ1) is 89.3. The molecule has 10 aromatic carbocycles. The van der Waals surface area contributed by atoms with Crippen molar-refractivity contribution in [3.05, 3.63) is 275 Å². The van der Waals surface area contributed by atoms with Gasteiger partial charge >= 0.3 is 17.7 Å². The van der Waals surface area contributed by atoms with Crippen molar-refractivity contribution in [3.63, 3.8) is 0 Å². The molecule has 5 unspecified atom stereocenters. The number of ether oxygens (including phenoxy) is 2. The highest BCUT2D eigenvalue weighted by molar-refractivity contribution is 14.1. The van der Waals surface area contributed by atoms with E-state index in [9.17, 15) is 30.0 Å². The second-order valence-corrected chi connectivity index (χ2v) is 40.5. The Morgan fingerprint density at radius 1 is 0.363 bits per heavy atom. The van der Waals surface area contributed by atoms with Gasteiger partial charge in [0, 0.05) is 70.9 Å². The summed E-state index contributed by atoms with van der Waals surface area (Å²) in [7, 11) is 0. The lowest BCUT2D eigenvalue weighted by Gasteiger charge is -2.28. The van der Waals surface area contributed by atoms with E-state index in [1.165, 1.54) is 66.8 Å². The number of nitrogens with one attached hydrogen (secondary N) is 5. The molecular weight excluding hydrogens is 2600 g/mol. The summed E-state index contributed by atoms with van der Waals surface area (Å²) in [5, 5.41) is 57.3. The minimum atomic E-state index is -2.75. The van der Waals surface area contributed by atoms with E-state index in [1.807, 2.05) is 36.4 Å². The van der Waals surface area contributed by atoms with E-state index in [0.717, 1.165) is 170 Å². The Hall–Kier alpha value is -2.98. The predicted molar refractivity (Wildman–Crippen MR) is 537 cm³/mol. The predicted octanol–water partition coefficient (Wildman–Crippen LogP) is 18.9. The van der Waals surface area contributed by atoms with Gasteiger partial charge in [-0.05, 0) is 515 Å². The number of hydrogen-bond donors (Lipinski definition) is 14. The van der Waals surface area contributed by atoms with Crippen LogP contribution in [0.5, 0.6) is 23.0 Å². The number of benzene rings is 10. The van der Waals surface area contributed by atoms with Crippen molar-refractivity contribution >= 4 is 289 Å². The molecule has 0 bridgehead atoms. The fourth-order valence-corrected chi connectivity index (χ4v) is 24.6. The molecule has 0 radical (unpaired) electrons. The van der Waals surface area contributed by atoms with Gasteiger partial charge in [-0.3, -0.25) is 0 Å². The molecule has 113 heavy (non-hydrogen) atoms. The Kier molecular flexibility index (Phi) is 31.7. The highest BCUT2D eigenvalue weighted by Gasteiger charge is 2.58. The van der Waals surface area contributed by atoms with Crippen molar-refractivity contribution in [2.24, 2.45) is 0 Å². The molecule has 6 aliphatic rings. The van der Waals surface area contributed by atoms with Crippen molar-refractivity contribution in [2.45, 2.75) is 100 Å². The highest BCUT2D eigenvalue weighted by atomic mass is 127. The summed E-state index contributed by atoms with van der Waals surface area (Å²) >= 11 is 35.0. The average Bonchev–Trinajstić information content (AvgIpc) is 1.61. The summed E-state index contributed by atoms with van der Waals surface area (Å²) in [5.41, 5.74) is 53.1. The first-order valence-electron chi connectivity index (χ1n) is 35.9. The number of nitrogen functional groups attached to an aromatic ring is 5. The monoisotopic (exact) mass is 2680 g/mol. The standard InChI is InChI=1S/C19H16I2N2O6.C16H15ClI2N2O.C16H15ClI2N2.C16H16I2N2O.C16H16I2N2/c20-11-3-8(4-12(21)16(11)22)5-13-10-7-15-14(6-9(10)1-2-23-13)28-19(29-15,17(24)25)18(26)27;17-11-7-10-9(6-15(11)22)1-2-21-14(10)5-8-3-12(18)16(20)13(19)4-8;17-11-2-1-10-3-4-21-15(12(10)8-11)7-9-5-13(18)16(20)14(19)6-9;17-13-5-9(6-14(18)16(13)19)7-15-12-8-11(21)2-1-10(12)3-4-20-15;17-13-7-10(8-14(18)16(13)19)9-15-12-4-2-1-3-11(12)5-6-20-15/h3-4,6-7,13,23H,1-2,5,22H2,(H,24,25)(H,26,27);3-4,6-7,14,21-22H,1-2,5,20H2;1-2,5-6,8,15,21H,3-4,7,20H2;1-2,5-6,8,15,20-21H,3-4,7,19H2;1-4,7-8,15,20H,5-6,9,19H2. The van der Waals surface area contributed by atoms with Crippen LogP contribution in [0.25, 0.3) is 0 Å². The lowest BCUT2D eigenvalue weighted by atomic mass is 9.90. The average molecular weight is 2680 g/mol. The Morgan fingerprint density at radius 2 is 0.655 bits per heavy atom. The van der Waals surface area contributed by atoms with Crippen LogP contribution in [0.15, 0.2) is 146 Å². The molecule has 0 aliphatic carbocycles. The normalized spacial score (nSPS) is 17.9. The van der Waals surface area contributed by atoms with E-state index in [2.05, 4.69) is 337 Å². The minimum absolute atomic E-state index is 0.0347. The number of aromatic hydroxyl groups is 2. The van der Waals surface area contributed by atoms with E-state index < -0.39 is 17.7 Å². The van der Waals surface area contributed by atoms with Crippen LogP contribution in [0, 0.1) is 35.7 Å². The topological polar surface area (TPSA) is 324 Å². The number of anilines is 5. The number of phenolic OH excluding ortho intramolecular Hbond substituents is 2. The second kappa shape index (κ2) is 40.1. The number of aliphatic carboxylic acids is 2. The summed E-state index contributed by atoms with van der Waals surface area (Å²) in [4.78, 5) is 23.0. The molecule has 0 saturated heterocycles. The van der Waals surface area contributed by atoms with Gasteiger partial charge in [-0.25, -0.2) is 9.59 Å². The van der Waals surface area contributed by atoms with Crippen LogP contribution in [0.1, 0.15) is 114 Å². The molecule has 0 amide bonds. The summed E-state index contributed by atoms with van der Waals surface area (Å²) in [6.07, 6.45) is 9.29. The van der Waals surface area contributed by atoms with Gasteiger partial charge in [0.25, 0.3) is 0 Å². The third kappa shape index (κ3) is 22.0. The molecule has 16 rings (SSSR count). The number of rotatable bonds is 12. The lowest BCUT2D eigenvalue weighted by Crippen LogP contribution is -2.54. The van der Waals surface area contributed by atoms with Crippen molar-refractivity contribution in [2.75, 3.05) is 61.4 Å². The molecule has 0 aromatic heterocycles. The molecule has 0 saturated carbocycles. The first-order valence-corrected chi connectivity index (χ1v) is 47.5. The number of carbonyl (C=O) groups is 2. The van der Waals surface area contributed by atoms with Crippen molar-refractivity contribution in [1.82, 2.24) is 26.6 Å². The van der Waals surface area contributed by atoms with E-state index >= 15 is 0 Å². The van der Waals surface area contributed by atoms with Crippen LogP contribution in [-0.4, -0.2) is 70.9 Å². The molecule has 0 spiro atoms. The number of nitrogens with two attached hydrogens (primary N) is 5. The third-order valence-corrected chi connectivity index (χ3v) is 29.9. The summed E-state index contributed by atoms with van der Waals surface area (Å²) in [6, 6.07) is 50.3. The smallest absolute Gasteiger partial charge is 0.453 e. The molecule has 0 fully saturated rings. The Bertz CT molecular complexity index is 5040. The molecule has 6 heterocycles. The van der Waals surface area contributed by atoms with Crippen LogP contribution in [0.3, 0.4) is 0 Å². The fourth-order valence-electron chi connectivity index (χ4n) is 14.7. The molecule has 592 valence electrons. The number of carboxylic acid groups (broad SMARTS) is 2. The third-order valence-electron chi connectivity index (χ3n) is 20.5. The zero-order valence-electron chi connectivity index (χ0n) is 60.2. The fraction of sp³-hybridized carbons (Fsp3) is 0.253. The summed E-state index contributed by atoms with van der Waals surface area (Å²) in [6.45, 7) is 4.70. The van der Waals surface area contributed by atoms with Crippen molar-refractivity contribution in [1.29, 1.82) is 0 Å². The Labute approximate surface area is 803 Å². The van der Waals surface area contributed by atoms with Crippen LogP contribution >= 0.6 is 249 Å². The van der Waals surface area contributed by atoms with Gasteiger partial charge < -0.3 is 85.2 Å². The SMILES string of the molecule is Nc1c(I)cc(CC2NCCc3cc(O)c(Cl)cc32)cc1I.Nc1c(I)cc(CC2NCCc3cc4c(cc32)OC(C(=O)O)(C(=O)O)O4)cc1I.Nc1c(I)cc(CC2NCCc3ccc(Cl)cc32)cc1I.Nc1c(I)cc(CC2NCCc3ccc(O)cc32)cc1I.Nc1c(I)cc(CC2NCCc3ccccc32)cc1I. The quantitative estimate of drug-likeness (QED) is 0.0307. The zero-order valence-corrected chi connectivity index (χ0v) is 83.3. The van der Waals surface area contributed by atoms with Gasteiger partial charge in [0.2, 0.25) is 0 Å². The number of halogens is 12. The number of fused-ring (bicyclic) bond motifs is 6. The maximum Gasteiger partial charge on any atom is 0.453 e. The number of hydrogen-bond acceptors (Lipinski definition) is 16. The van der Waals surface area contributed by atoms with Crippen LogP contribution in [0.4, 0.5) is 28.4 Å². The molecular formula is C83H78Cl2I10N10O8. The summed E-state index contributed by atoms with van der Waals surface area (Å²) in [5.74, 6) is -5.42. The highest BCUT2D eigenvalue weighted by Crippen LogP contribution is 2.45. The molecule has 10 aromatic rings. The zero-order chi connectivity index (χ0) is 80.9.